The number of aryl methyl sites for hydroxylation is 1. The smallest absolute Gasteiger partial charge is 0.221 e. The Labute approximate surface area is 103 Å². The van der Waals surface area contributed by atoms with Gasteiger partial charge in [0.1, 0.15) is 0 Å². The Balaban J connectivity index is 2.12. The van der Waals surface area contributed by atoms with Crippen LogP contribution < -0.4 is 10.6 Å². The van der Waals surface area contributed by atoms with Gasteiger partial charge in [-0.3, -0.25) is 9.48 Å². The third-order valence-electron chi connectivity index (χ3n) is 2.78. The summed E-state index contributed by atoms with van der Waals surface area (Å²) in [6, 6.07) is 2.23. The zero-order valence-corrected chi connectivity index (χ0v) is 10.9. The van der Waals surface area contributed by atoms with Crippen molar-refractivity contribution in [1.29, 1.82) is 0 Å². The van der Waals surface area contributed by atoms with Gasteiger partial charge in [-0.15, -0.1) is 0 Å². The van der Waals surface area contributed by atoms with Crippen LogP contribution in [0.2, 0.25) is 0 Å². The number of carbonyl (C=O) groups excluding carboxylic acids is 1. The summed E-state index contributed by atoms with van der Waals surface area (Å²) in [7, 11) is 1.91. The highest BCUT2D eigenvalue weighted by atomic mass is 16.1. The molecule has 1 amide bonds. The lowest BCUT2D eigenvalue weighted by Crippen LogP contribution is -2.34. The fourth-order valence-corrected chi connectivity index (χ4v) is 1.44. The van der Waals surface area contributed by atoms with Crippen LogP contribution in [-0.2, 0) is 18.4 Å². The number of hydrogen-bond donors (Lipinski definition) is 2. The lowest BCUT2D eigenvalue weighted by Gasteiger charge is -2.11. The second kappa shape index (κ2) is 7.06. The molecule has 0 saturated carbocycles. The van der Waals surface area contributed by atoms with Crippen LogP contribution in [-0.4, -0.2) is 28.3 Å². The Kier molecular flexibility index (Phi) is 5.69. The maximum absolute atomic E-state index is 11.5. The van der Waals surface area contributed by atoms with E-state index in [-0.39, 0.29) is 11.9 Å². The van der Waals surface area contributed by atoms with E-state index >= 15 is 0 Å². The number of amides is 1. The maximum atomic E-state index is 11.5. The minimum absolute atomic E-state index is 0.108. The number of aromatic nitrogens is 2. The van der Waals surface area contributed by atoms with Crippen molar-refractivity contribution >= 4 is 5.91 Å². The molecule has 0 aliphatic carbocycles. The van der Waals surface area contributed by atoms with Gasteiger partial charge in [-0.1, -0.05) is 6.92 Å². The quantitative estimate of drug-likeness (QED) is 0.691. The summed E-state index contributed by atoms with van der Waals surface area (Å²) in [4.78, 5) is 11.5. The summed E-state index contributed by atoms with van der Waals surface area (Å²) >= 11 is 0. The Morgan fingerprint density at radius 3 is 2.94 bits per heavy atom. The van der Waals surface area contributed by atoms with Crippen LogP contribution in [0, 0.1) is 0 Å². The SMILES string of the molecule is CCC(C)NC(=O)CCNCc1ccnn1C. The first kappa shape index (κ1) is 13.7. The van der Waals surface area contributed by atoms with Crippen molar-refractivity contribution in [1.82, 2.24) is 20.4 Å². The molecule has 1 aromatic heterocycles. The molecule has 2 N–H and O–H groups in total. The molecule has 5 heteroatoms. The zero-order valence-electron chi connectivity index (χ0n) is 10.9. The van der Waals surface area contributed by atoms with Gasteiger partial charge in [0.15, 0.2) is 0 Å². The Morgan fingerprint density at radius 1 is 1.59 bits per heavy atom. The second-order valence-corrected chi connectivity index (χ2v) is 4.25. The van der Waals surface area contributed by atoms with Crippen molar-refractivity contribution < 1.29 is 4.79 Å². The Hall–Kier alpha value is -1.36. The highest BCUT2D eigenvalue weighted by Gasteiger charge is 2.04. The van der Waals surface area contributed by atoms with Gasteiger partial charge in [0.2, 0.25) is 5.91 Å². The fraction of sp³-hybridized carbons (Fsp3) is 0.667. The molecule has 0 aliphatic rings. The minimum atomic E-state index is 0.108. The van der Waals surface area contributed by atoms with E-state index in [4.69, 9.17) is 0 Å². The Bertz CT molecular complexity index is 348. The van der Waals surface area contributed by atoms with Crippen molar-refractivity contribution in [2.75, 3.05) is 6.54 Å². The molecule has 1 atom stereocenters. The largest absolute Gasteiger partial charge is 0.354 e. The molecule has 0 aliphatic heterocycles. The molecule has 1 unspecified atom stereocenters. The van der Waals surface area contributed by atoms with E-state index in [9.17, 15) is 4.79 Å². The predicted molar refractivity (Wildman–Crippen MR) is 67.4 cm³/mol. The number of hydrogen-bond acceptors (Lipinski definition) is 3. The van der Waals surface area contributed by atoms with Gasteiger partial charge in [-0.2, -0.15) is 5.10 Å². The molecule has 0 fully saturated rings. The number of carbonyl (C=O) groups is 1. The maximum Gasteiger partial charge on any atom is 0.221 e. The highest BCUT2D eigenvalue weighted by molar-refractivity contribution is 5.76. The third kappa shape index (κ3) is 4.99. The summed E-state index contributed by atoms with van der Waals surface area (Å²) in [6.07, 6.45) is 3.25. The standard InChI is InChI=1S/C12H22N4O/c1-4-10(2)15-12(17)6-7-13-9-11-5-8-14-16(11)3/h5,8,10,13H,4,6-7,9H2,1-3H3,(H,15,17). The first-order chi connectivity index (χ1) is 8.13. The van der Waals surface area contributed by atoms with Crippen LogP contribution in [0.15, 0.2) is 12.3 Å². The van der Waals surface area contributed by atoms with Gasteiger partial charge >= 0.3 is 0 Å². The molecule has 1 aromatic rings. The van der Waals surface area contributed by atoms with Crippen LogP contribution in [0.3, 0.4) is 0 Å². The number of rotatable bonds is 7. The summed E-state index contributed by atoms with van der Waals surface area (Å²) in [6.45, 7) is 5.51. The lowest BCUT2D eigenvalue weighted by atomic mass is 10.2. The molecule has 0 spiro atoms. The van der Waals surface area contributed by atoms with Crippen molar-refractivity contribution in [2.45, 2.75) is 39.3 Å². The predicted octanol–water partition coefficient (Wildman–Crippen LogP) is 0.814. The van der Waals surface area contributed by atoms with Gasteiger partial charge in [-0.25, -0.2) is 0 Å². The average Bonchev–Trinajstić information content (AvgIpc) is 2.70. The highest BCUT2D eigenvalue weighted by Crippen LogP contribution is 1.95. The minimum Gasteiger partial charge on any atom is -0.354 e. The molecule has 0 aromatic carbocycles. The van der Waals surface area contributed by atoms with E-state index in [1.807, 2.05) is 24.7 Å². The molecule has 5 nitrogen and oxygen atoms in total. The van der Waals surface area contributed by atoms with Gasteiger partial charge in [-0.05, 0) is 19.4 Å². The van der Waals surface area contributed by atoms with Gasteiger partial charge in [0, 0.05) is 38.8 Å². The summed E-state index contributed by atoms with van der Waals surface area (Å²) in [5, 5.41) is 10.2. The van der Waals surface area contributed by atoms with E-state index in [0.29, 0.717) is 13.0 Å². The summed E-state index contributed by atoms with van der Waals surface area (Å²) < 4.78 is 1.83. The van der Waals surface area contributed by atoms with Gasteiger partial charge < -0.3 is 10.6 Å². The van der Waals surface area contributed by atoms with Gasteiger partial charge in [0.05, 0.1) is 5.69 Å². The normalized spacial score (nSPS) is 12.4. The van der Waals surface area contributed by atoms with E-state index in [2.05, 4.69) is 22.7 Å². The molecule has 0 bridgehead atoms. The number of nitrogens with zero attached hydrogens (tertiary/aromatic N) is 2. The molecule has 0 radical (unpaired) electrons. The molecule has 96 valence electrons. The second-order valence-electron chi connectivity index (χ2n) is 4.25. The number of nitrogens with one attached hydrogen (secondary N) is 2. The molecule has 1 heterocycles. The van der Waals surface area contributed by atoms with Crippen molar-refractivity contribution in [3.63, 3.8) is 0 Å². The summed E-state index contributed by atoms with van der Waals surface area (Å²) in [5.41, 5.74) is 1.12. The van der Waals surface area contributed by atoms with E-state index in [1.54, 1.807) is 6.20 Å². The van der Waals surface area contributed by atoms with Crippen LogP contribution in [0.25, 0.3) is 0 Å². The van der Waals surface area contributed by atoms with Crippen LogP contribution in [0.4, 0.5) is 0 Å². The molecular formula is C12H22N4O. The molecular weight excluding hydrogens is 216 g/mol. The Morgan fingerprint density at radius 2 is 2.35 bits per heavy atom. The van der Waals surface area contributed by atoms with E-state index in [1.165, 1.54) is 0 Å². The zero-order chi connectivity index (χ0) is 12.7. The van der Waals surface area contributed by atoms with E-state index < -0.39 is 0 Å². The molecule has 0 saturated heterocycles. The van der Waals surface area contributed by atoms with Gasteiger partial charge in [0.25, 0.3) is 0 Å². The molecule has 1 rings (SSSR count). The average molecular weight is 238 g/mol. The summed E-state index contributed by atoms with van der Waals surface area (Å²) in [5.74, 6) is 0.108. The van der Waals surface area contributed by atoms with Crippen LogP contribution in [0.5, 0.6) is 0 Å². The van der Waals surface area contributed by atoms with E-state index in [0.717, 1.165) is 18.7 Å². The molecule has 17 heavy (non-hydrogen) atoms. The van der Waals surface area contributed by atoms with Crippen LogP contribution in [0.1, 0.15) is 32.4 Å². The first-order valence-electron chi connectivity index (χ1n) is 6.10. The monoisotopic (exact) mass is 238 g/mol. The van der Waals surface area contributed by atoms with Crippen molar-refractivity contribution in [3.05, 3.63) is 18.0 Å². The topological polar surface area (TPSA) is 59.0 Å². The first-order valence-corrected chi connectivity index (χ1v) is 6.10. The van der Waals surface area contributed by atoms with Crippen molar-refractivity contribution in [3.8, 4) is 0 Å². The van der Waals surface area contributed by atoms with Crippen LogP contribution >= 0.6 is 0 Å². The lowest BCUT2D eigenvalue weighted by molar-refractivity contribution is -0.121. The third-order valence-corrected chi connectivity index (χ3v) is 2.78. The van der Waals surface area contributed by atoms with Crippen molar-refractivity contribution in [2.24, 2.45) is 7.05 Å². The fourth-order valence-electron chi connectivity index (χ4n) is 1.44.